The van der Waals surface area contributed by atoms with Crippen LogP contribution in [0.2, 0.25) is 0 Å². The van der Waals surface area contributed by atoms with E-state index < -0.39 is 23.5 Å². The third-order valence-electron chi connectivity index (χ3n) is 3.05. The fraction of sp³-hybridized carbons (Fsp3) is 0.0625. The van der Waals surface area contributed by atoms with Crippen LogP contribution in [0.1, 0.15) is 33.2 Å². The van der Waals surface area contributed by atoms with E-state index in [4.69, 9.17) is 10.5 Å². The van der Waals surface area contributed by atoms with Crippen molar-refractivity contribution >= 4 is 5.78 Å². The van der Waals surface area contributed by atoms with Crippen molar-refractivity contribution in [3.8, 4) is 12.1 Å². The lowest BCUT2D eigenvalue weighted by Gasteiger charge is -2.11. The van der Waals surface area contributed by atoms with Gasteiger partial charge in [0, 0.05) is 5.56 Å². The van der Waals surface area contributed by atoms with Gasteiger partial charge in [-0.2, -0.15) is 10.5 Å². The Labute approximate surface area is 124 Å². The molecule has 2 aromatic carbocycles. The number of Topliss-reactive ketones (excluding diaryl/α,β-unsaturated/α-hetero) is 1. The van der Waals surface area contributed by atoms with Crippen LogP contribution >= 0.6 is 0 Å². The summed E-state index contributed by atoms with van der Waals surface area (Å²) in [4.78, 5) is 12.2. The zero-order chi connectivity index (χ0) is 16.3. The molecule has 0 fully saturated rings. The number of rotatable bonds is 3. The molecule has 22 heavy (non-hydrogen) atoms. The molecular weight excluding hydrogens is 290 g/mol. The van der Waals surface area contributed by atoms with Crippen molar-refractivity contribution in [3.05, 3.63) is 70.3 Å². The van der Waals surface area contributed by atoms with Crippen LogP contribution in [0.15, 0.2) is 36.4 Å². The van der Waals surface area contributed by atoms with Gasteiger partial charge >= 0.3 is 0 Å². The molecule has 2 aromatic rings. The minimum Gasteiger partial charge on any atom is -0.380 e. The van der Waals surface area contributed by atoms with Gasteiger partial charge in [0.15, 0.2) is 5.78 Å². The van der Waals surface area contributed by atoms with Crippen LogP contribution in [-0.4, -0.2) is 10.9 Å². The monoisotopic (exact) mass is 298 g/mol. The number of aliphatic hydroxyl groups is 1. The Hall–Kier alpha value is -3.09. The predicted octanol–water partition coefficient (Wildman–Crippen LogP) is 2.62. The molecule has 108 valence electrons. The molecule has 0 aromatic heterocycles. The standard InChI is InChI=1S/C16H8F2N2O2/c17-13-3-1-9(5-11(13)7-19)15(21)16(22)10-2-4-14(18)12(6-10)8-20/h1-6,15,21H. The van der Waals surface area contributed by atoms with Gasteiger partial charge in [0.25, 0.3) is 0 Å². The largest absolute Gasteiger partial charge is 0.380 e. The molecule has 0 heterocycles. The average molecular weight is 298 g/mol. The SMILES string of the molecule is N#Cc1cc(C(=O)C(O)c2ccc(F)c(C#N)c2)ccc1F. The molecule has 0 saturated heterocycles. The number of nitriles is 2. The zero-order valence-electron chi connectivity index (χ0n) is 11.0. The van der Waals surface area contributed by atoms with Crippen LogP contribution < -0.4 is 0 Å². The highest BCUT2D eigenvalue weighted by molar-refractivity contribution is 6.00. The first-order chi connectivity index (χ1) is 10.5. The van der Waals surface area contributed by atoms with Gasteiger partial charge in [-0.15, -0.1) is 0 Å². The lowest BCUT2D eigenvalue weighted by Crippen LogP contribution is -2.13. The Morgan fingerprint density at radius 1 is 1.00 bits per heavy atom. The molecule has 1 unspecified atom stereocenters. The minimum absolute atomic E-state index is 0.0331. The zero-order valence-corrected chi connectivity index (χ0v) is 11.0. The van der Waals surface area contributed by atoms with Crippen molar-refractivity contribution in [1.29, 1.82) is 10.5 Å². The summed E-state index contributed by atoms with van der Waals surface area (Å²) in [6.07, 6.45) is -1.65. The second-order valence-corrected chi connectivity index (χ2v) is 4.42. The Morgan fingerprint density at radius 2 is 1.55 bits per heavy atom. The molecule has 0 saturated carbocycles. The second kappa shape index (κ2) is 6.13. The van der Waals surface area contributed by atoms with E-state index in [0.29, 0.717) is 0 Å². The summed E-state index contributed by atoms with van der Waals surface area (Å²) in [7, 11) is 0. The summed E-state index contributed by atoms with van der Waals surface area (Å²) in [5.74, 6) is -2.33. The molecule has 0 aliphatic carbocycles. The highest BCUT2D eigenvalue weighted by Gasteiger charge is 2.21. The number of hydrogen-bond donors (Lipinski definition) is 1. The lowest BCUT2D eigenvalue weighted by atomic mass is 9.97. The molecule has 2 rings (SSSR count). The van der Waals surface area contributed by atoms with Crippen LogP contribution in [0.25, 0.3) is 0 Å². The van der Waals surface area contributed by atoms with Crippen molar-refractivity contribution in [2.24, 2.45) is 0 Å². The molecule has 6 heteroatoms. The molecule has 0 radical (unpaired) electrons. The van der Waals surface area contributed by atoms with Crippen molar-refractivity contribution in [2.45, 2.75) is 6.10 Å². The summed E-state index contributed by atoms with van der Waals surface area (Å²) in [5, 5.41) is 27.5. The summed E-state index contributed by atoms with van der Waals surface area (Å²) in [5.41, 5.74) is -0.657. The molecule has 4 nitrogen and oxygen atoms in total. The number of aliphatic hydroxyl groups excluding tert-OH is 1. The van der Waals surface area contributed by atoms with Crippen LogP contribution in [0.3, 0.4) is 0 Å². The first-order valence-corrected chi connectivity index (χ1v) is 6.09. The number of hydrogen-bond acceptors (Lipinski definition) is 4. The van der Waals surface area contributed by atoms with Crippen molar-refractivity contribution in [3.63, 3.8) is 0 Å². The predicted molar refractivity (Wildman–Crippen MR) is 71.5 cm³/mol. The van der Waals surface area contributed by atoms with Crippen LogP contribution in [-0.2, 0) is 0 Å². The Balaban J connectivity index is 2.38. The number of nitrogens with zero attached hydrogens (tertiary/aromatic N) is 2. The summed E-state index contributed by atoms with van der Waals surface area (Å²) >= 11 is 0. The van der Waals surface area contributed by atoms with E-state index in [2.05, 4.69) is 0 Å². The molecule has 0 amide bonds. The number of carbonyl (C=O) groups excluding carboxylic acids is 1. The molecular formula is C16H8F2N2O2. The smallest absolute Gasteiger partial charge is 0.195 e. The molecule has 0 bridgehead atoms. The van der Waals surface area contributed by atoms with Gasteiger partial charge in [-0.05, 0) is 35.9 Å². The maximum atomic E-state index is 13.2. The van der Waals surface area contributed by atoms with Gasteiger partial charge in [-0.3, -0.25) is 4.79 Å². The Bertz CT molecular complexity index is 835. The lowest BCUT2D eigenvalue weighted by molar-refractivity contribution is 0.0747. The fourth-order valence-corrected chi connectivity index (χ4v) is 1.87. The Morgan fingerprint density at radius 3 is 2.14 bits per heavy atom. The number of benzene rings is 2. The first kappa shape index (κ1) is 15.3. The van der Waals surface area contributed by atoms with E-state index in [1.165, 1.54) is 6.07 Å². The quantitative estimate of drug-likeness (QED) is 0.883. The number of carbonyl (C=O) groups is 1. The molecule has 0 aliphatic rings. The van der Waals surface area contributed by atoms with Crippen molar-refractivity contribution in [2.75, 3.05) is 0 Å². The minimum atomic E-state index is -1.65. The van der Waals surface area contributed by atoms with Crippen LogP contribution in [0.5, 0.6) is 0 Å². The van der Waals surface area contributed by atoms with Gasteiger partial charge < -0.3 is 5.11 Å². The van der Waals surface area contributed by atoms with Crippen LogP contribution in [0.4, 0.5) is 8.78 Å². The number of halogens is 2. The van der Waals surface area contributed by atoms with Crippen molar-refractivity contribution < 1.29 is 18.7 Å². The maximum absolute atomic E-state index is 13.2. The average Bonchev–Trinajstić information content (AvgIpc) is 2.54. The second-order valence-electron chi connectivity index (χ2n) is 4.42. The van der Waals surface area contributed by atoms with E-state index in [9.17, 15) is 18.7 Å². The van der Waals surface area contributed by atoms with E-state index >= 15 is 0 Å². The van der Waals surface area contributed by atoms with Crippen LogP contribution in [0, 0.1) is 34.3 Å². The van der Waals surface area contributed by atoms with Gasteiger partial charge in [0.05, 0.1) is 11.1 Å². The highest BCUT2D eigenvalue weighted by Crippen LogP contribution is 2.22. The third-order valence-corrected chi connectivity index (χ3v) is 3.05. The molecule has 0 spiro atoms. The molecule has 1 atom stereocenters. The first-order valence-electron chi connectivity index (χ1n) is 6.09. The normalized spacial score (nSPS) is 11.3. The Kier molecular flexibility index (Phi) is 4.26. The third kappa shape index (κ3) is 2.83. The summed E-state index contributed by atoms with van der Waals surface area (Å²) in [6.45, 7) is 0. The van der Waals surface area contributed by atoms with E-state index in [1.54, 1.807) is 12.1 Å². The summed E-state index contributed by atoms with van der Waals surface area (Å²) in [6, 6.07) is 9.51. The highest BCUT2D eigenvalue weighted by atomic mass is 19.1. The molecule has 0 aliphatic heterocycles. The fourth-order valence-electron chi connectivity index (χ4n) is 1.87. The topological polar surface area (TPSA) is 84.9 Å². The van der Waals surface area contributed by atoms with Gasteiger partial charge in [0.2, 0.25) is 0 Å². The van der Waals surface area contributed by atoms with E-state index in [-0.39, 0.29) is 22.3 Å². The van der Waals surface area contributed by atoms with E-state index in [1.807, 2.05) is 0 Å². The van der Waals surface area contributed by atoms with Gasteiger partial charge in [-0.1, -0.05) is 6.07 Å². The summed E-state index contributed by atoms with van der Waals surface area (Å²) < 4.78 is 26.5. The van der Waals surface area contributed by atoms with Gasteiger partial charge in [-0.25, -0.2) is 8.78 Å². The van der Waals surface area contributed by atoms with Crippen molar-refractivity contribution in [1.82, 2.24) is 0 Å². The number of ketones is 1. The van der Waals surface area contributed by atoms with Gasteiger partial charge in [0.1, 0.15) is 29.9 Å². The van der Waals surface area contributed by atoms with E-state index in [0.717, 1.165) is 30.3 Å². The molecule has 1 N–H and O–H groups in total. The maximum Gasteiger partial charge on any atom is 0.195 e.